The van der Waals surface area contributed by atoms with Gasteiger partial charge in [0.05, 0.1) is 6.20 Å². The van der Waals surface area contributed by atoms with E-state index in [-0.39, 0.29) is 29.4 Å². The van der Waals surface area contributed by atoms with Crippen molar-refractivity contribution in [3.05, 3.63) is 53.7 Å². The highest BCUT2D eigenvalue weighted by Crippen LogP contribution is 2.25. The fourth-order valence-corrected chi connectivity index (χ4v) is 3.92. The van der Waals surface area contributed by atoms with Crippen LogP contribution in [-0.4, -0.2) is 67.1 Å². The number of aliphatic imine (C=N–C) groups is 1. The molecule has 0 aliphatic carbocycles. The average molecular weight is 569 g/mol. The molecule has 2 N–H and O–H groups in total. The first-order valence-corrected chi connectivity index (χ1v) is 11.8. The quantitative estimate of drug-likeness (QED) is 0.217. The summed E-state index contributed by atoms with van der Waals surface area (Å²) >= 11 is 0. The zero-order chi connectivity index (χ0) is 23.0. The minimum Gasteiger partial charge on any atom is -0.443 e. The van der Waals surface area contributed by atoms with Crippen LogP contribution >= 0.6 is 24.0 Å². The number of aromatic nitrogens is 1. The molecule has 1 aliphatic heterocycles. The second-order valence-electron chi connectivity index (χ2n) is 9.57. The maximum atomic E-state index is 5.86. The number of nitrogens with one attached hydrogen (secondary N) is 2. The normalized spacial score (nSPS) is 18.1. The topological polar surface area (TPSA) is 68.9 Å². The summed E-state index contributed by atoms with van der Waals surface area (Å²) in [5.74, 6) is 2.34. The Kier molecular flexibility index (Phi) is 11.1. The molecule has 0 spiro atoms. The first kappa shape index (κ1) is 27.6. The number of rotatable bonds is 8. The average Bonchev–Trinajstić information content (AvgIpc) is 3.26. The van der Waals surface area contributed by atoms with E-state index in [2.05, 4.69) is 95.5 Å². The summed E-state index contributed by atoms with van der Waals surface area (Å²) in [6.07, 6.45) is 2.87. The molecule has 1 fully saturated rings. The van der Waals surface area contributed by atoms with Crippen LogP contribution in [0.3, 0.4) is 0 Å². The summed E-state index contributed by atoms with van der Waals surface area (Å²) < 4.78 is 5.86. The second-order valence-corrected chi connectivity index (χ2v) is 9.57. The minimum atomic E-state index is -0.0431. The smallest absolute Gasteiger partial charge is 0.216 e. The Labute approximate surface area is 216 Å². The van der Waals surface area contributed by atoms with E-state index in [4.69, 9.17) is 4.42 Å². The van der Waals surface area contributed by atoms with Gasteiger partial charge in [-0.1, -0.05) is 51.1 Å². The van der Waals surface area contributed by atoms with Gasteiger partial charge in [0.2, 0.25) is 5.89 Å². The third-order valence-corrected chi connectivity index (χ3v) is 5.80. The van der Waals surface area contributed by atoms with Gasteiger partial charge < -0.3 is 20.0 Å². The molecule has 1 aliphatic rings. The van der Waals surface area contributed by atoms with Crippen LogP contribution in [0, 0.1) is 0 Å². The number of halogens is 1. The highest BCUT2D eigenvalue weighted by Gasteiger charge is 2.26. The standard InChI is InChI=1S/C25H40N6O.HI/c1-6-26-24(29-18-23-28-17-22(32-23)25(2,3)4)27-13-10-14-31-16-15-30(5)19-21(31)20-11-8-7-9-12-20;/h7-9,11-12,17,21H,6,10,13-16,18-19H2,1-5H3,(H2,26,27,29);1H. The van der Waals surface area contributed by atoms with Gasteiger partial charge in [-0.15, -0.1) is 24.0 Å². The van der Waals surface area contributed by atoms with Gasteiger partial charge in [-0.3, -0.25) is 4.90 Å². The Bertz CT molecular complexity index is 848. The lowest BCUT2D eigenvalue weighted by Crippen LogP contribution is -2.47. The number of oxazole rings is 1. The molecule has 0 amide bonds. The molecule has 0 saturated carbocycles. The molecule has 8 heteroatoms. The Morgan fingerprint density at radius 3 is 2.61 bits per heavy atom. The molecule has 0 bridgehead atoms. The van der Waals surface area contributed by atoms with Crippen LogP contribution in [-0.2, 0) is 12.0 Å². The van der Waals surface area contributed by atoms with E-state index in [0.29, 0.717) is 18.5 Å². The molecule has 1 aromatic carbocycles. The maximum Gasteiger partial charge on any atom is 0.216 e. The van der Waals surface area contributed by atoms with Crippen LogP contribution in [0.4, 0.5) is 0 Å². The van der Waals surface area contributed by atoms with Crippen LogP contribution in [0.5, 0.6) is 0 Å². The van der Waals surface area contributed by atoms with Crippen molar-refractivity contribution in [2.45, 2.75) is 52.1 Å². The van der Waals surface area contributed by atoms with Crippen molar-refractivity contribution >= 4 is 29.9 Å². The van der Waals surface area contributed by atoms with Gasteiger partial charge >= 0.3 is 0 Å². The lowest BCUT2D eigenvalue weighted by atomic mass is 9.94. The number of hydrogen-bond donors (Lipinski definition) is 2. The summed E-state index contributed by atoms with van der Waals surface area (Å²) in [5, 5.41) is 6.78. The first-order chi connectivity index (χ1) is 15.4. The van der Waals surface area contributed by atoms with Gasteiger partial charge in [0.1, 0.15) is 12.3 Å². The summed E-state index contributed by atoms with van der Waals surface area (Å²) in [6, 6.07) is 11.3. The zero-order valence-electron chi connectivity index (χ0n) is 20.8. The number of hydrogen-bond acceptors (Lipinski definition) is 5. The van der Waals surface area contributed by atoms with E-state index in [1.165, 1.54) is 5.56 Å². The van der Waals surface area contributed by atoms with E-state index in [1.807, 2.05) is 6.20 Å². The van der Waals surface area contributed by atoms with E-state index in [0.717, 1.165) is 57.4 Å². The summed E-state index contributed by atoms with van der Waals surface area (Å²) in [5.41, 5.74) is 1.36. The molecular weight excluding hydrogens is 527 g/mol. The Morgan fingerprint density at radius 2 is 1.94 bits per heavy atom. The van der Waals surface area contributed by atoms with Gasteiger partial charge in [-0.25, -0.2) is 9.98 Å². The van der Waals surface area contributed by atoms with Crippen molar-refractivity contribution in [1.29, 1.82) is 0 Å². The molecule has 33 heavy (non-hydrogen) atoms. The number of piperazine rings is 1. The number of likely N-dealkylation sites (N-methyl/N-ethyl adjacent to an activating group) is 1. The minimum absolute atomic E-state index is 0. The van der Waals surface area contributed by atoms with Gasteiger partial charge in [0.25, 0.3) is 0 Å². The molecule has 3 rings (SSSR count). The Morgan fingerprint density at radius 1 is 1.18 bits per heavy atom. The van der Waals surface area contributed by atoms with Crippen LogP contribution in [0.15, 0.2) is 45.9 Å². The van der Waals surface area contributed by atoms with Crippen LogP contribution in [0.2, 0.25) is 0 Å². The molecule has 1 unspecified atom stereocenters. The number of benzene rings is 1. The highest BCUT2D eigenvalue weighted by atomic mass is 127. The van der Waals surface area contributed by atoms with Crippen molar-refractivity contribution in [2.75, 3.05) is 46.3 Å². The fourth-order valence-electron chi connectivity index (χ4n) is 3.92. The molecule has 184 valence electrons. The predicted molar refractivity (Wildman–Crippen MR) is 146 cm³/mol. The first-order valence-electron chi connectivity index (χ1n) is 11.8. The maximum absolute atomic E-state index is 5.86. The Hall–Kier alpha value is -1.65. The summed E-state index contributed by atoms with van der Waals surface area (Å²) in [4.78, 5) is 14.1. The van der Waals surface area contributed by atoms with Gasteiger partial charge in [-0.2, -0.15) is 0 Å². The van der Waals surface area contributed by atoms with Gasteiger partial charge in [0, 0.05) is 50.7 Å². The van der Waals surface area contributed by atoms with Gasteiger partial charge in [0.15, 0.2) is 5.96 Å². The van der Waals surface area contributed by atoms with E-state index < -0.39 is 0 Å². The highest BCUT2D eigenvalue weighted by molar-refractivity contribution is 14.0. The Balaban J connectivity index is 0.00000385. The largest absolute Gasteiger partial charge is 0.443 e. The van der Waals surface area contributed by atoms with E-state index in [1.54, 1.807) is 0 Å². The molecule has 1 atom stereocenters. The molecule has 1 saturated heterocycles. The predicted octanol–water partition coefficient (Wildman–Crippen LogP) is 4.02. The molecule has 2 heterocycles. The molecular formula is C25H41IN6O. The van der Waals surface area contributed by atoms with Crippen molar-refractivity contribution < 1.29 is 4.42 Å². The van der Waals surface area contributed by atoms with E-state index in [9.17, 15) is 0 Å². The molecule has 7 nitrogen and oxygen atoms in total. The monoisotopic (exact) mass is 568 g/mol. The lowest BCUT2D eigenvalue weighted by Gasteiger charge is -2.40. The number of guanidine groups is 1. The molecule has 2 aromatic rings. The summed E-state index contributed by atoms with van der Waals surface area (Å²) in [7, 11) is 2.21. The lowest BCUT2D eigenvalue weighted by molar-refractivity contribution is 0.0891. The molecule has 1 aromatic heterocycles. The van der Waals surface area contributed by atoms with Crippen LogP contribution in [0.1, 0.15) is 57.4 Å². The molecule has 0 radical (unpaired) electrons. The van der Waals surface area contributed by atoms with Crippen molar-refractivity contribution in [3.8, 4) is 0 Å². The zero-order valence-corrected chi connectivity index (χ0v) is 23.1. The van der Waals surface area contributed by atoms with E-state index >= 15 is 0 Å². The van der Waals surface area contributed by atoms with Gasteiger partial charge in [-0.05, 0) is 26.0 Å². The summed E-state index contributed by atoms with van der Waals surface area (Å²) in [6.45, 7) is 14.9. The van der Waals surface area contributed by atoms with Crippen LogP contribution < -0.4 is 10.6 Å². The fraction of sp³-hybridized carbons (Fsp3) is 0.600. The van der Waals surface area contributed by atoms with Crippen molar-refractivity contribution in [1.82, 2.24) is 25.4 Å². The van der Waals surface area contributed by atoms with Crippen molar-refractivity contribution in [3.63, 3.8) is 0 Å². The third kappa shape index (κ3) is 8.57. The van der Waals surface area contributed by atoms with Crippen molar-refractivity contribution in [2.24, 2.45) is 4.99 Å². The second kappa shape index (κ2) is 13.3. The SMILES string of the molecule is CCNC(=NCc1ncc(C(C)(C)C)o1)NCCCN1CCN(C)CC1c1ccccc1.I. The van der Waals surface area contributed by atoms with Crippen LogP contribution in [0.25, 0.3) is 0 Å². The number of nitrogens with zero attached hydrogens (tertiary/aromatic N) is 4. The third-order valence-electron chi connectivity index (χ3n) is 5.80.